The van der Waals surface area contributed by atoms with Crippen LogP contribution in [0.2, 0.25) is 0 Å². The second-order valence-corrected chi connectivity index (χ2v) is 10.7. The Morgan fingerprint density at radius 2 is 1.68 bits per heavy atom. The highest BCUT2D eigenvalue weighted by atomic mass is 16.5. The van der Waals surface area contributed by atoms with Gasteiger partial charge in [0.25, 0.3) is 11.8 Å². The Hall–Kier alpha value is -4.14. The van der Waals surface area contributed by atoms with Crippen molar-refractivity contribution >= 4 is 23.8 Å². The van der Waals surface area contributed by atoms with Gasteiger partial charge in [-0.25, -0.2) is 10.1 Å². The monoisotopic (exact) mass is 542 g/mol. The number of carbonyl (C=O) groups excluding carboxylic acids is 2. The van der Waals surface area contributed by atoms with Crippen molar-refractivity contribution in [3.63, 3.8) is 0 Å². The summed E-state index contributed by atoms with van der Waals surface area (Å²) in [5, 5.41) is 9.07. The van der Waals surface area contributed by atoms with Gasteiger partial charge in [0.05, 0.1) is 23.2 Å². The highest BCUT2D eigenvalue weighted by molar-refractivity contribution is 5.96. The summed E-state index contributed by atoms with van der Waals surface area (Å²) in [5.41, 5.74) is 5.80. The van der Waals surface area contributed by atoms with Gasteiger partial charge in [-0.3, -0.25) is 9.59 Å². The maximum Gasteiger partial charge on any atom is 0.271 e. The van der Waals surface area contributed by atoms with Crippen LogP contribution in [0.5, 0.6) is 5.75 Å². The molecule has 2 fully saturated rings. The molecule has 3 aromatic rings. The average molecular weight is 543 g/mol. The van der Waals surface area contributed by atoms with E-state index in [1.807, 2.05) is 46.8 Å². The number of piperidine rings is 1. The number of ether oxygens (including phenoxy) is 1. The molecule has 1 aromatic heterocycles. The minimum absolute atomic E-state index is 0.00460. The molecule has 210 valence electrons. The first-order valence-corrected chi connectivity index (χ1v) is 14.2. The third-order valence-corrected chi connectivity index (χ3v) is 7.81. The van der Waals surface area contributed by atoms with E-state index >= 15 is 0 Å². The zero-order valence-corrected chi connectivity index (χ0v) is 23.5. The summed E-state index contributed by atoms with van der Waals surface area (Å²) < 4.78 is 7.70. The highest BCUT2D eigenvalue weighted by Crippen LogP contribution is 2.29. The van der Waals surface area contributed by atoms with E-state index in [-0.39, 0.29) is 30.5 Å². The van der Waals surface area contributed by atoms with E-state index in [1.54, 1.807) is 30.5 Å². The van der Waals surface area contributed by atoms with Crippen LogP contribution in [0.3, 0.4) is 0 Å². The van der Waals surface area contributed by atoms with Gasteiger partial charge in [-0.15, -0.1) is 0 Å². The van der Waals surface area contributed by atoms with E-state index in [2.05, 4.69) is 29.3 Å². The second kappa shape index (κ2) is 12.4. The number of anilines is 1. The summed E-state index contributed by atoms with van der Waals surface area (Å²) in [6, 6.07) is 17.3. The number of hydrogen-bond acceptors (Lipinski definition) is 6. The molecule has 3 heterocycles. The number of benzene rings is 2. The van der Waals surface area contributed by atoms with Gasteiger partial charge in [-0.2, -0.15) is 10.2 Å². The Morgan fingerprint density at radius 3 is 2.35 bits per heavy atom. The van der Waals surface area contributed by atoms with E-state index in [1.165, 1.54) is 0 Å². The fourth-order valence-corrected chi connectivity index (χ4v) is 5.72. The van der Waals surface area contributed by atoms with Crippen LogP contribution < -0.4 is 15.1 Å². The number of para-hydroxylation sites is 1. The van der Waals surface area contributed by atoms with Crippen LogP contribution in [0, 0.1) is 6.92 Å². The quantitative estimate of drug-likeness (QED) is 0.329. The zero-order chi connectivity index (χ0) is 28.1. The summed E-state index contributed by atoms with van der Waals surface area (Å²) in [5.74, 6) is 1.20. The van der Waals surface area contributed by atoms with Crippen LogP contribution in [0.1, 0.15) is 67.6 Å². The number of nitrogens with zero attached hydrogens (tertiary/aromatic N) is 5. The minimum atomic E-state index is -0.328. The topological polar surface area (TPSA) is 92.1 Å². The van der Waals surface area contributed by atoms with Gasteiger partial charge in [0, 0.05) is 30.7 Å². The molecule has 0 bridgehead atoms. The van der Waals surface area contributed by atoms with E-state index < -0.39 is 0 Å². The van der Waals surface area contributed by atoms with Gasteiger partial charge < -0.3 is 14.5 Å². The molecule has 0 radical (unpaired) electrons. The molecule has 1 N–H and O–H groups in total. The van der Waals surface area contributed by atoms with Crippen molar-refractivity contribution in [2.24, 2.45) is 5.10 Å². The third-order valence-electron chi connectivity index (χ3n) is 7.81. The second-order valence-electron chi connectivity index (χ2n) is 10.7. The Balaban J connectivity index is 1.22. The van der Waals surface area contributed by atoms with Gasteiger partial charge >= 0.3 is 0 Å². The lowest BCUT2D eigenvalue weighted by molar-refractivity contribution is -0.139. The molecule has 9 heteroatoms. The van der Waals surface area contributed by atoms with Crippen molar-refractivity contribution in [3.05, 3.63) is 71.4 Å². The fourth-order valence-electron chi connectivity index (χ4n) is 5.72. The first-order valence-electron chi connectivity index (χ1n) is 14.2. The molecule has 2 aromatic carbocycles. The molecule has 5 rings (SSSR count). The molecule has 2 aliphatic rings. The minimum Gasteiger partial charge on any atom is -0.484 e. The van der Waals surface area contributed by atoms with E-state index in [0.717, 1.165) is 68.0 Å². The van der Waals surface area contributed by atoms with Crippen LogP contribution in [0.15, 0.2) is 59.7 Å². The van der Waals surface area contributed by atoms with E-state index in [9.17, 15) is 9.59 Å². The molecule has 2 amide bonds. The third kappa shape index (κ3) is 6.03. The summed E-state index contributed by atoms with van der Waals surface area (Å²) in [4.78, 5) is 29.8. The van der Waals surface area contributed by atoms with E-state index in [4.69, 9.17) is 9.84 Å². The lowest BCUT2D eigenvalue weighted by Crippen LogP contribution is -2.49. The van der Waals surface area contributed by atoms with Crippen molar-refractivity contribution < 1.29 is 14.3 Å². The molecule has 2 saturated heterocycles. The van der Waals surface area contributed by atoms with Crippen molar-refractivity contribution in [2.45, 2.75) is 65.0 Å². The normalized spacial score (nSPS) is 19.3. The summed E-state index contributed by atoms with van der Waals surface area (Å²) in [7, 11) is 0. The number of hydrazone groups is 1. The van der Waals surface area contributed by atoms with Crippen LogP contribution in [-0.4, -0.2) is 64.5 Å². The molecule has 2 unspecified atom stereocenters. The number of hydrogen-bond donors (Lipinski definition) is 1. The Labute approximate surface area is 235 Å². The van der Waals surface area contributed by atoms with Gasteiger partial charge in [0.1, 0.15) is 11.6 Å². The van der Waals surface area contributed by atoms with Crippen molar-refractivity contribution in [1.29, 1.82) is 0 Å². The van der Waals surface area contributed by atoms with Gasteiger partial charge in [0.2, 0.25) is 0 Å². The Kier molecular flexibility index (Phi) is 8.48. The fraction of sp³-hybridized carbons (Fsp3) is 0.419. The molecule has 9 nitrogen and oxygen atoms in total. The SMILES string of the molecule is Cc1nn(-c2ccccc2)c(N2CCCC2)c1/C=N/NC(=O)c1ccc(OCC(=O)N2C(C)CCCC2C)cc1. The summed E-state index contributed by atoms with van der Waals surface area (Å²) in [6.45, 7) is 8.04. The van der Waals surface area contributed by atoms with Crippen molar-refractivity contribution in [2.75, 3.05) is 24.6 Å². The molecular formula is C31H38N6O3. The van der Waals surface area contributed by atoms with Crippen molar-refractivity contribution in [3.8, 4) is 11.4 Å². The molecule has 40 heavy (non-hydrogen) atoms. The maximum absolute atomic E-state index is 12.8. The van der Waals surface area contributed by atoms with Crippen LogP contribution in [0.25, 0.3) is 5.69 Å². The van der Waals surface area contributed by atoms with Crippen LogP contribution >= 0.6 is 0 Å². The lowest BCUT2D eigenvalue weighted by atomic mass is 9.97. The van der Waals surface area contributed by atoms with Gasteiger partial charge in [-0.05, 0) is 89.3 Å². The molecule has 2 aliphatic heterocycles. The molecule has 2 atom stereocenters. The van der Waals surface area contributed by atoms with E-state index in [0.29, 0.717) is 11.3 Å². The number of rotatable bonds is 8. The molecule has 0 spiro atoms. The Morgan fingerprint density at radius 1 is 1.00 bits per heavy atom. The highest BCUT2D eigenvalue weighted by Gasteiger charge is 2.29. The van der Waals surface area contributed by atoms with Crippen LogP contribution in [0.4, 0.5) is 5.82 Å². The molecule has 0 saturated carbocycles. The first-order chi connectivity index (χ1) is 19.4. The molecule has 0 aliphatic carbocycles. The first kappa shape index (κ1) is 27.4. The number of amides is 2. The number of carbonyl (C=O) groups is 2. The number of aryl methyl sites for hydroxylation is 1. The number of nitrogens with one attached hydrogen (secondary N) is 1. The maximum atomic E-state index is 12.8. The van der Waals surface area contributed by atoms with Gasteiger partial charge in [-0.1, -0.05) is 18.2 Å². The smallest absolute Gasteiger partial charge is 0.271 e. The predicted octanol–water partition coefficient (Wildman–Crippen LogP) is 4.71. The summed E-state index contributed by atoms with van der Waals surface area (Å²) in [6.07, 6.45) is 7.15. The standard InChI is InChI=1S/C31H38N6O3/c1-22-10-9-11-23(2)36(22)29(38)21-40-27-16-14-25(15-17-27)30(39)33-32-20-28-24(3)34-37(26-12-5-4-6-13-26)31(28)35-18-7-8-19-35/h4-6,12-17,20,22-23H,7-11,18-19,21H2,1-3H3,(H,33,39)/b32-20+. The van der Waals surface area contributed by atoms with Gasteiger partial charge in [0.15, 0.2) is 6.61 Å². The molecular weight excluding hydrogens is 504 g/mol. The van der Waals surface area contributed by atoms with Crippen LogP contribution in [-0.2, 0) is 4.79 Å². The number of likely N-dealkylation sites (tertiary alicyclic amines) is 1. The largest absolute Gasteiger partial charge is 0.484 e. The Bertz CT molecular complexity index is 1340. The number of aromatic nitrogens is 2. The zero-order valence-electron chi connectivity index (χ0n) is 23.5. The lowest BCUT2D eigenvalue weighted by Gasteiger charge is -2.38. The predicted molar refractivity (Wildman–Crippen MR) is 156 cm³/mol. The van der Waals surface area contributed by atoms with Crippen molar-refractivity contribution in [1.82, 2.24) is 20.1 Å². The summed E-state index contributed by atoms with van der Waals surface area (Å²) >= 11 is 0. The average Bonchev–Trinajstić information content (AvgIpc) is 3.60.